The smallest absolute Gasteiger partial charge is 0.227 e. The monoisotopic (exact) mass is 416 g/mol. The van der Waals surface area contributed by atoms with Gasteiger partial charge in [-0.1, -0.05) is 17.3 Å². The van der Waals surface area contributed by atoms with Gasteiger partial charge in [0.25, 0.3) is 0 Å². The van der Waals surface area contributed by atoms with Gasteiger partial charge in [0.15, 0.2) is 23.2 Å². The summed E-state index contributed by atoms with van der Waals surface area (Å²) in [6, 6.07) is 8.82. The molecule has 0 radical (unpaired) electrons. The summed E-state index contributed by atoms with van der Waals surface area (Å²) in [4.78, 5) is 14.5. The van der Waals surface area contributed by atoms with Crippen LogP contribution < -0.4 is 4.74 Å². The first-order chi connectivity index (χ1) is 14.4. The second-order valence-corrected chi connectivity index (χ2v) is 7.29. The number of benzene rings is 2. The number of rotatable bonds is 4. The molecule has 0 unspecified atom stereocenters. The third-order valence-corrected chi connectivity index (χ3v) is 5.27. The molecule has 0 saturated heterocycles. The predicted octanol–water partition coefficient (Wildman–Crippen LogP) is 4.28. The quantitative estimate of drug-likeness (QED) is 0.596. The summed E-state index contributed by atoms with van der Waals surface area (Å²) in [6.07, 6.45) is 0.244. The molecular weight excluding hydrogens is 397 g/mol. The van der Waals surface area contributed by atoms with Gasteiger partial charge in [0, 0.05) is 23.6 Å². The molecule has 4 rings (SSSR count). The number of fused-ring (bicyclic) bond motifs is 1. The minimum absolute atomic E-state index is 0.0766. The average molecular weight is 416 g/mol. The molecule has 2 heterocycles. The van der Waals surface area contributed by atoms with E-state index in [0.717, 1.165) is 29.0 Å². The molecule has 0 spiro atoms. The highest BCUT2D eigenvalue weighted by Crippen LogP contribution is 2.34. The first kappa shape index (κ1) is 20.0. The Morgan fingerprint density at radius 1 is 1.23 bits per heavy atom. The van der Waals surface area contributed by atoms with Gasteiger partial charge in [0.05, 0.1) is 25.8 Å². The van der Waals surface area contributed by atoms with Crippen LogP contribution in [0.4, 0.5) is 13.2 Å². The second kappa shape index (κ2) is 7.85. The second-order valence-electron chi connectivity index (χ2n) is 7.29. The number of carbonyl (C=O) groups is 1. The maximum Gasteiger partial charge on any atom is 0.227 e. The molecule has 156 valence electrons. The lowest BCUT2D eigenvalue weighted by atomic mass is 9.96. The molecule has 0 aliphatic carbocycles. The summed E-state index contributed by atoms with van der Waals surface area (Å²) in [5.41, 5.74) is 2.40. The van der Waals surface area contributed by atoms with Crippen molar-refractivity contribution in [1.29, 1.82) is 0 Å². The molecule has 5 nitrogen and oxygen atoms in total. The number of aromatic nitrogens is 1. The van der Waals surface area contributed by atoms with Crippen LogP contribution in [0.3, 0.4) is 0 Å². The summed E-state index contributed by atoms with van der Waals surface area (Å²) in [5, 5.41) is 4.16. The van der Waals surface area contributed by atoms with E-state index in [1.807, 2.05) is 31.2 Å². The number of nitrogens with zero attached hydrogens (tertiary/aromatic N) is 2. The van der Waals surface area contributed by atoms with Gasteiger partial charge < -0.3 is 14.2 Å². The zero-order valence-corrected chi connectivity index (χ0v) is 16.4. The summed E-state index contributed by atoms with van der Waals surface area (Å²) in [7, 11) is 1.57. The van der Waals surface area contributed by atoms with Gasteiger partial charge in [-0.15, -0.1) is 0 Å². The Bertz CT molecular complexity index is 1090. The molecule has 0 N–H and O–H groups in total. The maximum absolute atomic E-state index is 13.5. The number of hydrogen-bond donors (Lipinski definition) is 0. The minimum atomic E-state index is -1.55. The highest BCUT2D eigenvalue weighted by Gasteiger charge is 2.32. The zero-order valence-electron chi connectivity index (χ0n) is 16.4. The lowest BCUT2D eigenvalue weighted by molar-refractivity contribution is -0.133. The predicted molar refractivity (Wildman–Crippen MR) is 102 cm³/mol. The number of hydrogen-bond acceptors (Lipinski definition) is 4. The molecule has 1 amide bonds. The van der Waals surface area contributed by atoms with Gasteiger partial charge in [-0.2, -0.15) is 0 Å². The van der Waals surface area contributed by atoms with Crippen LogP contribution in [0.5, 0.6) is 5.75 Å². The molecule has 1 aliphatic heterocycles. The summed E-state index contributed by atoms with van der Waals surface area (Å²) < 4.78 is 51.0. The summed E-state index contributed by atoms with van der Waals surface area (Å²) >= 11 is 0. The van der Waals surface area contributed by atoms with Gasteiger partial charge in [0.1, 0.15) is 5.75 Å². The van der Waals surface area contributed by atoms with Crippen molar-refractivity contribution in [3.05, 3.63) is 70.7 Å². The highest BCUT2D eigenvalue weighted by atomic mass is 19.2. The number of halogens is 3. The molecule has 2 aromatic carbocycles. The van der Waals surface area contributed by atoms with Crippen LogP contribution in [-0.4, -0.2) is 29.1 Å². The van der Waals surface area contributed by atoms with E-state index in [-0.39, 0.29) is 30.5 Å². The molecule has 8 heteroatoms. The van der Waals surface area contributed by atoms with Crippen molar-refractivity contribution in [2.24, 2.45) is 0 Å². The topological polar surface area (TPSA) is 55.6 Å². The fourth-order valence-corrected chi connectivity index (χ4v) is 3.69. The molecule has 3 aromatic rings. The standard InChI is InChI=1S/C22H19F3N2O3/c1-12-6-19-16(22(30-26-19)14-4-3-5-15(10-14)29-2)11-27(12)20(28)9-13-7-17(23)21(25)18(24)8-13/h3-5,7-8,10,12H,6,9,11H2,1-2H3/t12-/m0/s1. The van der Waals surface area contributed by atoms with Crippen molar-refractivity contribution >= 4 is 5.91 Å². The van der Waals surface area contributed by atoms with E-state index in [4.69, 9.17) is 9.26 Å². The highest BCUT2D eigenvalue weighted by molar-refractivity contribution is 5.80. The van der Waals surface area contributed by atoms with Crippen LogP contribution in [0.2, 0.25) is 0 Å². The van der Waals surface area contributed by atoms with Gasteiger partial charge in [-0.25, -0.2) is 13.2 Å². The van der Waals surface area contributed by atoms with Crippen LogP contribution in [0.1, 0.15) is 23.7 Å². The zero-order chi connectivity index (χ0) is 21.4. The Labute approximate surface area is 171 Å². The fourth-order valence-electron chi connectivity index (χ4n) is 3.69. The van der Waals surface area contributed by atoms with E-state index in [0.29, 0.717) is 17.9 Å². The van der Waals surface area contributed by atoms with E-state index < -0.39 is 17.5 Å². The Morgan fingerprint density at radius 3 is 2.67 bits per heavy atom. The van der Waals surface area contributed by atoms with Crippen LogP contribution in [0.15, 0.2) is 40.9 Å². The molecule has 1 atom stereocenters. The van der Waals surface area contributed by atoms with Crippen LogP contribution in [0, 0.1) is 17.5 Å². The van der Waals surface area contributed by atoms with Crippen molar-refractivity contribution in [3.63, 3.8) is 0 Å². The Hall–Kier alpha value is -3.29. The maximum atomic E-state index is 13.5. The van der Waals surface area contributed by atoms with Crippen molar-refractivity contribution in [3.8, 4) is 17.1 Å². The van der Waals surface area contributed by atoms with Crippen molar-refractivity contribution in [2.75, 3.05) is 7.11 Å². The lowest BCUT2D eigenvalue weighted by Crippen LogP contribution is -2.43. The third-order valence-electron chi connectivity index (χ3n) is 5.27. The minimum Gasteiger partial charge on any atom is -0.497 e. The molecule has 0 bridgehead atoms. The molecule has 30 heavy (non-hydrogen) atoms. The molecule has 0 fully saturated rings. The molecule has 1 aromatic heterocycles. The number of ether oxygens (including phenoxy) is 1. The van der Waals surface area contributed by atoms with E-state index in [9.17, 15) is 18.0 Å². The first-order valence-electron chi connectivity index (χ1n) is 9.42. The lowest BCUT2D eigenvalue weighted by Gasteiger charge is -2.33. The van der Waals surface area contributed by atoms with E-state index in [1.54, 1.807) is 12.0 Å². The third kappa shape index (κ3) is 3.65. The van der Waals surface area contributed by atoms with Gasteiger partial charge in [0.2, 0.25) is 5.91 Å². The number of amides is 1. The largest absolute Gasteiger partial charge is 0.497 e. The van der Waals surface area contributed by atoms with Gasteiger partial charge in [-0.3, -0.25) is 4.79 Å². The fraction of sp³-hybridized carbons (Fsp3) is 0.273. The van der Waals surface area contributed by atoms with Gasteiger partial charge in [-0.05, 0) is 36.8 Å². The summed E-state index contributed by atoms with van der Waals surface area (Å²) in [6.45, 7) is 2.12. The van der Waals surface area contributed by atoms with E-state index in [1.165, 1.54) is 0 Å². The first-order valence-corrected chi connectivity index (χ1v) is 9.42. The number of carbonyl (C=O) groups excluding carboxylic acids is 1. The Morgan fingerprint density at radius 2 is 1.97 bits per heavy atom. The Balaban J connectivity index is 1.60. The van der Waals surface area contributed by atoms with Crippen molar-refractivity contribution in [1.82, 2.24) is 10.1 Å². The van der Waals surface area contributed by atoms with Gasteiger partial charge >= 0.3 is 0 Å². The van der Waals surface area contributed by atoms with Crippen molar-refractivity contribution in [2.45, 2.75) is 32.4 Å². The van der Waals surface area contributed by atoms with E-state index >= 15 is 0 Å². The molecule has 1 aliphatic rings. The normalized spacial score (nSPS) is 15.8. The average Bonchev–Trinajstić information content (AvgIpc) is 3.14. The van der Waals surface area contributed by atoms with Crippen LogP contribution in [0.25, 0.3) is 11.3 Å². The SMILES string of the molecule is COc1cccc(-c2onc3c2CN(C(=O)Cc2cc(F)c(F)c(F)c2)[C@@H](C)C3)c1. The molecular formula is C22H19F3N2O3. The van der Waals surface area contributed by atoms with Crippen molar-refractivity contribution < 1.29 is 27.2 Å². The molecule has 0 saturated carbocycles. The van der Waals surface area contributed by atoms with Crippen LogP contribution in [-0.2, 0) is 24.2 Å². The van der Waals surface area contributed by atoms with Crippen LogP contribution >= 0.6 is 0 Å². The Kier molecular flexibility index (Phi) is 5.24. The van der Waals surface area contributed by atoms with E-state index in [2.05, 4.69) is 5.16 Å². The summed E-state index contributed by atoms with van der Waals surface area (Å²) in [5.74, 6) is -3.29. The number of methoxy groups -OCH3 is 1.